The molecule has 2 N–H and O–H groups in total. The third-order valence-electron chi connectivity index (χ3n) is 5.23. The van der Waals surface area contributed by atoms with E-state index in [1.807, 2.05) is 0 Å². The summed E-state index contributed by atoms with van der Waals surface area (Å²) in [4.78, 5) is 33.0. The molecule has 1 unspecified atom stereocenters. The number of hydrogen-bond donors (Lipinski definition) is 2. The van der Waals surface area contributed by atoms with Gasteiger partial charge in [0.1, 0.15) is 6.10 Å². The number of hydrogen-bond acceptors (Lipinski definition) is 4. The number of aliphatic carboxylic acids is 1. The third-order valence-corrected chi connectivity index (χ3v) is 5.23. The molecule has 1 amide bonds. The van der Waals surface area contributed by atoms with E-state index in [0.717, 1.165) is 77.0 Å². The number of carboxylic acids is 1. The number of carboxylic acid groups (broad SMARTS) is 1. The molecule has 0 saturated carbocycles. The normalized spacial score (nSPS) is 12.4. The van der Waals surface area contributed by atoms with E-state index in [1.165, 1.54) is 0 Å². The second kappa shape index (κ2) is 18.7. The summed E-state index contributed by atoms with van der Waals surface area (Å²) < 4.78 is 42.1. The van der Waals surface area contributed by atoms with Crippen molar-refractivity contribution in [2.75, 3.05) is 6.54 Å². The van der Waals surface area contributed by atoms with E-state index in [0.29, 0.717) is 19.3 Å². The summed E-state index contributed by atoms with van der Waals surface area (Å²) in [7, 11) is 0. The molecule has 6 nitrogen and oxygen atoms in total. The van der Waals surface area contributed by atoms with E-state index >= 15 is 0 Å². The molecule has 32 heavy (non-hydrogen) atoms. The van der Waals surface area contributed by atoms with Crippen LogP contribution in [0.5, 0.6) is 0 Å². The predicted octanol–water partition coefficient (Wildman–Crippen LogP) is 5.92. The lowest BCUT2D eigenvalue weighted by Gasteiger charge is -2.18. The Labute approximate surface area is 189 Å². The Balaban J connectivity index is 3.81. The molecule has 9 heteroatoms. The predicted molar refractivity (Wildman–Crippen MR) is 116 cm³/mol. The van der Waals surface area contributed by atoms with Crippen LogP contribution in [0.2, 0.25) is 0 Å². The first kappa shape index (κ1) is 30.2. The quantitative estimate of drug-likeness (QED) is 0.171. The van der Waals surface area contributed by atoms with Crippen LogP contribution in [-0.4, -0.2) is 41.8 Å². The van der Waals surface area contributed by atoms with Gasteiger partial charge in [0.2, 0.25) is 5.91 Å². The molecule has 0 aliphatic heterocycles. The van der Waals surface area contributed by atoms with E-state index in [1.54, 1.807) is 0 Å². The lowest BCUT2D eigenvalue weighted by Crippen LogP contribution is -2.30. The standard InChI is InChI=1S/C23H40F3NO5/c1-2-3-4-11-14-19(32-22(31)23(24,25)26)15-12-9-7-5-6-8-10-13-16-20(28)27-18-17-21(29)30/h19H,2-18H2,1H3,(H,27,28)(H,29,30). The highest BCUT2D eigenvalue weighted by Gasteiger charge is 2.42. The second-order valence-corrected chi connectivity index (χ2v) is 8.24. The van der Waals surface area contributed by atoms with Crippen LogP contribution in [0, 0.1) is 0 Å². The van der Waals surface area contributed by atoms with Gasteiger partial charge in [-0.1, -0.05) is 64.7 Å². The van der Waals surface area contributed by atoms with Gasteiger partial charge in [0.05, 0.1) is 6.42 Å². The summed E-state index contributed by atoms with van der Waals surface area (Å²) in [6, 6.07) is 0. The van der Waals surface area contributed by atoms with E-state index in [-0.39, 0.29) is 18.9 Å². The van der Waals surface area contributed by atoms with Gasteiger partial charge in [-0.3, -0.25) is 9.59 Å². The minimum Gasteiger partial charge on any atom is -0.481 e. The van der Waals surface area contributed by atoms with E-state index in [4.69, 9.17) is 9.84 Å². The van der Waals surface area contributed by atoms with Crippen molar-refractivity contribution in [1.82, 2.24) is 5.32 Å². The van der Waals surface area contributed by atoms with Crippen LogP contribution >= 0.6 is 0 Å². The number of carbonyl (C=O) groups is 3. The van der Waals surface area contributed by atoms with Gasteiger partial charge in [-0.2, -0.15) is 13.2 Å². The molecule has 0 aliphatic rings. The molecule has 0 spiro atoms. The monoisotopic (exact) mass is 467 g/mol. The van der Waals surface area contributed by atoms with Crippen LogP contribution in [0.1, 0.15) is 110 Å². The summed E-state index contributed by atoms with van der Waals surface area (Å²) in [5, 5.41) is 11.1. The lowest BCUT2D eigenvalue weighted by atomic mass is 10.0. The maximum absolute atomic E-state index is 12.5. The van der Waals surface area contributed by atoms with Crippen LogP contribution in [0.4, 0.5) is 13.2 Å². The maximum atomic E-state index is 12.5. The Morgan fingerprint density at radius 1 is 0.812 bits per heavy atom. The first-order valence-corrected chi connectivity index (χ1v) is 11.9. The molecule has 0 aromatic rings. The van der Waals surface area contributed by atoms with Crippen LogP contribution < -0.4 is 5.32 Å². The molecule has 0 saturated heterocycles. The molecular formula is C23H40F3NO5. The molecule has 0 rings (SSSR count). The number of carbonyl (C=O) groups excluding carboxylic acids is 2. The molecule has 0 radical (unpaired) electrons. The van der Waals surface area contributed by atoms with Crippen molar-refractivity contribution in [3.05, 3.63) is 0 Å². The van der Waals surface area contributed by atoms with Crippen molar-refractivity contribution in [2.45, 2.75) is 122 Å². The van der Waals surface area contributed by atoms with Gasteiger partial charge >= 0.3 is 18.1 Å². The highest BCUT2D eigenvalue weighted by molar-refractivity contribution is 5.76. The van der Waals surface area contributed by atoms with Crippen LogP contribution in [0.3, 0.4) is 0 Å². The van der Waals surface area contributed by atoms with E-state index < -0.39 is 24.2 Å². The molecule has 0 bridgehead atoms. The molecule has 0 aromatic heterocycles. The zero-order chi connectivity index (χ0) is 24.2. The zero-order valence-electron chi connectivity index (χ0n) is 19.3. The Hall–Kier alpha value is -1.80. The zero-order valence-corrected chi connectivity index (χ0v) is 19.3. The van der Waals surface area contributed by atoms with Crippen LogP contribution in [0.15, 0.2) is 0 Å². The lowest BCUT2D eigenvalue weighted by molar-refractivity contribution is -0.205. The second-order valence-electron chi connectivity index (χ2n) is 8.24. The first-order chi connectivity index (χ1) is 15.2. The maximum Gasteiger partial charge on any atom is 0.490 e. The minimum atomic E-state index is -4.94. The fraction of sp³-hybridized carbons (Fsp3) is 0.870. The molecule has 0 heterocycles. The third kappa shape index (κ3) is 18.9. The molecule has 0 aliphatic carbocycles. The van der Waals surface area contributed by atoms with Gasteiger partial charge in [-0.05, 0) is 32.1 Å². The van der Waals surface area contributed by atoms with Crippen molar-refractivity contribution in [2.24, 2.45) is 0 Å². The number of esters is 1. The minimum absolute atomic E-state index is 0.0733. The number of alkyl halides is 3. The average Bonchev–Trinajstić information content (AvgIpc) is 2.71. The van der Waals surface area contributed by atoms with E-state index in [9.17, 15) is 27.6 Å². The highest BCUT2D eigenvalue weighted by atomic mass is 19.4. The number of nitrogens with one attached hydrogen (secondary N) is 1. The van der Waals surface area contributed by atoms with Gasteiger partial charge < -0.3 is 15.2 Å². The van der Waals surface area contributed by atoms with Crippen molar-refractivity contribution in [3.63, 3.8) is 0 Å². The number of halogens is 3. The smallest absolute Gasteiger partial charge is 0.481 e. The van der Waals surface area contributed by atoms with Crippen molar-refractivity contribution >= 4 is 17.8 Å². The first-order valence-electron chi connectivity index (χ1n) is 11.9. The number of ether oxygens (including phenoxy) is 1. The Morgan fingerprint density at radius 2 is 1.31 bits per heavy atom. The SMILES string of the molecule is CCCCCCC(CCCCCCCCCCC(=O)NCCC(=O)O)OC(=O)C(F)(F)F. The largest absolute Gasteiger partial charge is 0.490 e. The Kier molecular flexibility index (Phi) is 17.7. The summed E-state index contributed by atoms with van der Waals surface area (Å²) >= 11 is 0. The summed E-state index contributed by atoms with van der Waals surface area (Å²) in [5.41, 5.74) is 0. The van der Waals surface area contributed by atoms with E-state index in [2.05, 4.69) is 12.2 Å². The topological polar surface area (TPSA) is 92.7 Å². The summed E-state index contributed by atoms with van der Waals surface area (Å²) in [5.74, 6) is -3.15. The summed E-state index contributed by atoms with van der Waals surface area (Å²) in [6.07, 6.45) is 6.77. The van der Waals surface area contributed by atoms with Crippen molar-refractivity contribution in [3.8, 4) is 0 Å². The Bertz CT molecular complexity index is 526. The molecule has 1 atom stereocenters. The molecule has 188 valence electrons. The van der Waals surface area contributed by atoms with Gasteiger partial charge in [-0.25, -0.2) is 4.79 Å². The fourth-order valence-corrected chi connectivity index (χ4v) is 3.39. The Morgan fingerprint density at radius 3 is 1.81 bits per heavy atom. The summed E-state index contributed by atoms with van der Waals surface area (Å²) in [6.45, 7) is 2.21. The number of unbranched alkanes of at least 4 members (excludes halogenated alkanes) is 10. The molecule has 0 fully saturated rings. The highest BCUT2D eigenvalue weighted by Crippen LogP contribution is 2.22. The van der Waals surface area contributed by atoms with Crippen molar-refractivity contribution < 1.29 is 37.4 Å². The average molecular weight is 468 g/mol. The van der Waals surface area contributed by atoms with Gasteiger partial charge in [0, 0.05) is 13.0 Å². The van der Waals surface area contributed by atoms with Crippen molar-refractivity contribution in [1.29, 1.82) is 0 Å². The molecular weight excluding hydrogens is 427 g/mol. The number of amides is 1. The molecule has 0 aromatic carbocycles. The van der Waals surface area contributed by atoms with Gasteiger partial charge in [0.25, 0.3) is 0 Å². The van der Waals surface area contributed by atoms with Crippen LogP contribution in [0.25, 0.3) is 0 Å². The fourth-order valence-electron chi connectivity index (χ4n) is 3.39. The van der Waals surface area contributed by atoms with Crippen LogP contribution in [-0.2, 0) is 19.1 Å². The number of rotatable bonds is 20. The van der Waals surface area contributed by atoms with Gasteiger partial charge in [0.15, 0.2) is 0 Å². The van der Waals surface area contributed by atoms with Gasteiger partial charge in [-0.15, -0.1) is 0 Å².